The molecule has 8 heteroatoms. The molecule has 0 saturated heterocycles. The minimum Gasteiger partial charge on any atom is -0.469 e. The lowest BCUT2D eigenvalue weighted by Crippen LogP contribution is -2.22. The van der Waals surface area contributed by atoms with Crippen molar-refractivity contribution in [1.29, 1.82) is 0 Å². The molecule has 106 valence electrons. The highest BCUT2D eigenvalue weighted by Gasteiger charge is 2.22. The zero-order valence-corrected chi connectivity index (χ0v) is 11.0. The highest BCUT2D eigenvalue weighted by atomic mass is 32.2. The zero-order chi connectivity index (χ0) is 14.6. The van der Waals surface area contributed by atoms with Crippen molar-refractivity contribution < 1.29 is 28.2 Å². The molecule has 0 amide bonds. The van der Waals surface area contributed by atoms with Gasteiger partial charge in [0.25, 0.3) is 0 Å². The summed E-state index contributed by atoms with van der Waals surface area (Å²) in [5.41, 5.74) is 0.267. The van der Waals surface area contributed by atoms with Crippen molar-refractivity contribution in [3.63, 3.8) is 0 Å². The molecule has 0 radical (unpaired) electrons. The van der Waals surface area contributed by atoms with Gasteiger partial charge in [0.1, 0.15) is 6.10 Å². The first-order chi connectivity index (χ1) is 8.75. The van der Waals surface area contributed by atoms with E-state index in [2.05, 4.69) is 4.74 Å². The Balaban J connectivity index is 2.83. The second-order valence-corrected chi connectivity index (χ2v) is 5.47. The number of hydrogen-bond acceptors (Lipinski definition) is 6. The largest absolute Gasteiger partial charge is 0.469 e. The standard InChI is InChI=1S/C11H15NO6S/c1-18-10(14)6-9(13)11(15)7-2-4-8(5-3-7)19(12,16)17/h2-5,9,11,13,15H,6H2,1H3,(H2,12,16,17). The van der Waals surface area contributed by atoms with E-state index >= 15 is 0 Å². The van der Waals surface area contributed by atoms with E-state index in [1.807, 2.05) is 0 Å². The number of carbonyl (C=O) groups excluding carboxylic acids is 1. The van der Waals surface area contributed by atoms with Gasteiger partial charge in [0.15, 0.2) is 0 Å². The maximum Gasteiger partial charge on any atom is 0.308 e. The van der Waals surface area contributed by atoms with Crippen molar-refractivity contribution >= 4 is 16.0 Å². The van der Waals surface area contributed by atoms with Crippen LogP contribution in [0, 0.1) is 0 Å². The number of nitrogens with two attached hydrogens (primary N) is 1. The van der Waals surface area contributed by atoms with Gasteiger partial charge in [0.05, 0.1) is 24.5 Å². The molecule has 0 aliphatic heterocycles. The second-order valence-electron chi connectivity index (χ2n) is 3.91. The van der Waals surface area contributed by atoms with Gasteiger partial charge in [-0.2, -0.15) is 0 Å². The molecule has 1 aromatic carbocycles. The lowest BCUT2D eigenvalue weighted by Gasteiger charge is -2.17. The van der Waals surface area contributed by atoms with E-state index in [0.717, 1.165) is 0 Å². The number of methoxy groups -OCH3 is 1. The van der Waals surface area contributed by atoms with E-state index in [0.29, 0.717) is 0 Å². The van der Waals surface area contributed by atoms with E-state index in [1.165, 1.54) is 31.4 Å². The minimum atomic E-state index is -3.81. The predicted molar refractivity (Wildman–Crippen MR) is 65.4 cm³/mol. The van der Waals surface area contributed by atoms with E-state index in [-0.39, 0.29) is 16.9 Å². The number of rotatable bonds is 5. The van der Waals surface area contributed by atoms with Crippen LogP contribution in [0.25, 0.3) is 0 Å². The topological polar surface area (TPSA) is 127 Å². The Kier molecular flexibility index (Phi) is 5.01. The molecule has 0 aromatic heterocycles. The van der Waals surface area contributed by atoms with Crippen LogP contribution >= 0.6 is 0 Å². The fourth-order valence-electron chi connectivity index (χ4n) is 1.44. The summed E-state index contributed by atoms with van der Waals surface area (Å²) in [7, 11) is -2.64. The van der Waals surface area contributed by atoms with Crippen molar-refractivity contribution in [3.05, 3.63) is 29.8 Å². The molecule has 0 saturated carbocycles. The lowest BCUT2D eigenvalue weighted by atomic mass is 10.0. The highest BCUT2D eigenvalue weighted by Crippen LogP contribution is 2.20. The van der Waals surface area contributed by atoms with Crippen LogP contribution in [0.5, 0.6) is 0 Å². The summed E-state index contributed by atoms with van der Waals surface area (Å²) in [6.07, 6.45) is -3.03. The third-order valence-corrected chi connectivity index (χ3v) is 3.45. The molecule has 2 unspecified atom stereocenters. The summed E-state index contributed by atoms with van der Waals surface area (Å²) >= 11 is 0. The first-order valence-corrected chi connectivity index (χ1v) is 6.86. The lowest BCUT2D eigenvalue weighted by molar-refractivity contribution is -0.144. The van der Waals surface area contributed by atoms with Gasteiger partial charge in [0, 0.05) is 0 Å². The summed E-state index contributed by atoms with van der Waals surface area (Å²) in [5, 5.41) is 24.3. The summed E-state index contributed by atoms with van der Waals surface area (Å²) in [6.45, 7) is 0. The number of hydrogen-bond donors (Lipinski definition) is 3. The normalized spacial score (nSPS) is 14.7. The van der Waals surface area contributed by atoms with Gasteiger partial charge < -0.3 is 14.9 Å². The van der Waals surface area contributed by atoms with Gasteiger partial charge in [-0.05, 0) is 17.7 Å². The molecule has 1 aromatic rings. The Hall–Kier alpha value is -1.48. The van der Waals surface area contributed by atoms with Crippen molar-refractivity contribution in [2.75, 3.05) is 7.11 Å². The average molecular weight is 289 g/mol. The SMILES string of the molecule is COC(=O)CC(O)C(O)c1ccc(S(N)(=O)=O)cc1. The molecular weight excluding hydrogens is 274 g/mol. The fraction of sp³-hybridized carbons (Fsp3) is 0.364. The average Bonchev–Trinajstić information content (AvgIpc) is 2.36. The maximum atomic E-state index is 11.0. The maximum absolute atomic E-state index is 11.0. The van der Waals surface area contributed by atoms with Crippen LogP contribution in [0.15, 0.2) is 29.2 Å². The Morgan fingerprint density at radius 1 is 1.32 bits per heavy atom. The molecule has 1 rings (SSSR count). The Morgan fingerprint density at radius 2 is 1.84 bits per heavy atom. The Bertz CT molecular complexity index is 539. The number of carbonyl (C=O) groups is 1. The van der Waals surface area contributed by atoms with Crippen LogP contribution in [0.2, 0.25) is 0 Å². The van der Waals surface area contributed by atoms with Crippen LogP contribution < -0.4 is 5.14 Å². The first-order valence-electron chi connectivity index (χ1n) is 5.31. The number of primary sulfonamides is 1. The van der Waals surface area contributed by atoms with Gasteiger partial charge in [-0.15, -0.1) is 0 Å². The number of ether oxygens (including phenoxy) is 1. The number of esters is 1. The highest BCUT2D eigenvalue weighted by molar-refractivity contribution is 7.89. The van der Waals surface area contributed by atoms with Crippen molar-refractivity contribution in [2.24, 2.45) is 5.14 Å². The third-order valence-electron chi connectivity index (χ3n) is 2.52. The molecule has 4 N–H and O–H groups in total. The smallest absolute Gasteiger partial charge is 0.308 e. The molecule has 7 nitrogen and oxygen atoms in total. The van der Waals surface area contributed by atoms with E-state index in [4.69, 9.17) is 5.14 Å². The van der Waals surface area contributed by atoms with Gasteiger partial charge in [-0.3, -0.25) is 4.79 Å². The molecule has 0 bridgehead atoms. The monoisotopic (exact) mass is 289 g/mol. The van der Waals surface area contributed by atoms with Gasteiger partial charge in [0.2, 0.25) is 10.0 Å². The number of sulfonamides is 1. The number of aliphatic hydroxyl groups is 2. The van der Waals surface area contributed by atoms with E-state index in [9.17, 15) is 23.4 Å². The number of aliphatic hydroxyl groups excluding tert-OH is 2. The van der Waals surface area contributed by atoms with Gasteiger partial charge >= 0.3 is 5.97 Å². The van der Waals surface area contributed by atoms with Gasteiger partial charge in [-0.25, -0.2) is 13.6 Å². The van der Waals surface area contributed by atoms with Crippen molar-refractivity contribution in [1.82, 2.24) is 0 Å². The predicted octanol–water partition coefficient (Wildman–Crippen LogP) is -0.709. The quantitative estimate of drug-likeness (QED) is 0.615. The molecule has 0 heterocycles. The third kappa shape index (κ3) is 4.28. The van der Waals surface area contributed by atoms with Crippen LogP contribution in [0.1, 0.15) is 18.1 Å². The summed E-state index contributed by atoms with van der Waals surface area (Å²) in [4.78, 5) is 10.8. The van der Waals surface area contributed by atoms with Crippen molar-refractivity contribution in [3.8, 4) is 0 Å². The minimum absolute atomic E-state index is 0.106. The van der Waals surface area contributed by atoms with E-state index < -0.39 is 28.2 Å². The van der Waals surface area contributed by atoms with Crippen LogP contribution in [-0.4, -0.2) is 37.8 Å². The molecule has 0 aliphatic rings. The molecule has 0 aliphatic carbocycles. The fourth-order valence-corrected chi connectivity index (χ4v) is 1.96. The zero-order valence-electron chi connectivity index (χ0n) is 10.2. The van der Waals surface area contributed by atoms with Crippen LogP contribution in [0.3, 0.4) is 0 Å². The molecule has 0 fully saturated rings. The second kappa shape index (κ2) is 6.11. The van der Waals surface area contributed by atoms with Crippen LogP contribution in [0.4, 0.5) is 0 Å². The Labute approximate surface area is 110 Å². The summed E-state index contributed by atoms with van der Waals surface area (Å²) in [6, 6.07) is 5.04. The van der Waals surface area contributed by atoms with Gasteiger partial charge in [-0.1, -0.05) is 12.1 Å². The van der Waals surface area contributed by atoms with Crippen LogP contribution in [-0.2, 0) is 19.6 Å². The van der Waals surface area contributed by atoms with Crippen molar-refractivity contribution in [2.45, 2.75) is 23.5 Å². The molecule has 0 spiro atoms. The molecule has 2 atom stereocenters. The summed E-state index contributed by atoms with van der Waals surface area (Å²) in [5.74, 6) is -0.660. The summed E-state index contributed by atoms with van der Waals surface area (Å²) < 4.78 is 26.4. The first kappa shape index (κ1) is 15.6. The Morgan fingerprint density at radius 3 is 2.26 bits per heavy atom. The van der Waals surface area contributed by atoms with E-state index in [1.54, 1.807) is 0 Å². The molecular formula is C11H15NO6S. The molecule has 19 heavy (non-hydrogen) atoms. The number of benzene rings is 1.